The van der Waals surface area contributed by atoms with E-state index in [1.165, 1.54) is 0 Å². The van der Waals surface area contributed by atoms with Crippen molar-refractivity contribution in [1.29, 1.82) is 0 Å². The molecule has 1 rings (SSSR count). The van der Waals surface area contributed by atoms with Crippen LogP contribution in [0.5, 0.6) is 0 Å². The summed E-state index contributed by atoms with van der Waals surface area (Å²) in [7, 11) is 0. The molecule has 2 amide bonds. The predicted molar refractivity (Wildman–Crippen MR) is 71.4 cm³/mol. The van der Waals surface area contributed by atoms with Crippen LogP contribution in [0.2, 0.25) is 0 Å². The van der Waals surface area contributed by atoms with Crippen LogP contribution in [0.25, 0.3) is 0 Å². The molecule has 0 aromatic carbocycles. The molecule has 1 aromatic heterocycles. The van der Waals surface area contributed by atoms with Crippen LogP contribution in [-0.2, 0) is 6.54 Å². The third kappa shape index (κ3) is 4.00. The third-order valence-electron chi connectivity index (χ3n) is 2.60. The maximum absolute atomic E-state index is 11.7. The molecule has 17 heavy (non-hydrogen) atoms. The van der Waals surface area contributed by atoms with Crippen LogP contribution in [-0.4, -0.2) is 29.0 Å². The molecule has 1 N–H and O–H groups in total. The summed E-state index contributed by atoms with van der Waals surface area (Å²) in [6.07, 6.45) is 0. The van der Waals surface area contributed by atoms with E-state index < -0.39 is 0 Å². The van der Waals surface area contributed by atoms with Crippen LogP contribution in [0, 0.1) is 0 Å². The summed E-state index contributed by atoms with van der Waals surface area (Å²) in [4.78, 5) is 17.9. The molecule has 0 spiro atoms. The zero-order chi connectivity index (χ0) is 12.8. The summed E-state index contributed by atoms with van der Waals surface area (Å²) in [5.41, 5.74) is 1.10. The van der Waals surface area contributed by atoms with Crippen molar-refractivity contribution < 1.29 is 4.79 Å². The van der Waals surface area contributed by atoms with Gasteiger partial charge in [0.15, 0.2) is 0 Å². The molecule has 0 aliphatic carbocycles. The Bertz CT molecular complexity index is 358. The highest BCUT2D eigenvalue weighted by Crippen LogP contribution is 2.17. The van der Waals surface area contributed by atoms with Gasteiger partial charge in [-0.15, -0.1) is 11.3 Å². The predicted octanol–water partition coefficient (Wildman–Crippen LogP) is 2.82. The fourth-order valence-electron chi connectivity index (χ4n) is 1.45. The molecule has 0 saturated carbocycles. The van der Waals surface area contributed by atoms with E-state index >= 15 is 0 Å². The maximum Gasteiger partial charge on any atom is 0.317 e. The number of carbonyl (C=O) groups excluding carboxylic acids is 1. The lowest BCUT2D eigenvalue weighted by Gasteiger charge is -2.18. The highest BCUT2D eigenvalue weighted by Gasteiger charge is 2.10. The van der Waals surface area contributed by atoms with Gasteiger partial charge in [0.2, 0.25) is 0 Å². The minimum atomic E-state index is -0.0173. The molecule has 4 nitrogen and oxygen atoms in total. The average Bonchev–Trinajstić information content (AvgIpc) is 2.76. The fourth-order valence-corrected chi connectivity index (χ4v) is 2.34. The van der Waals surface area contributed by atoms with E-state index in [0.717, 1.165) is 23.8 Å². The molecule has 0 unspecified atom stereocenters. The molecular formula is C12H21N3OS. The Morgan fingerprint density at radius 1 is 1.47 bits per heavy atom. The first kappa shape index (κ1) is 14.0. The van der Waals surface area contributed by atoms with Gasteiger partial charge in [0, 0.05) is 18.5 Å². The van der Waals surface area contributed by atoms with Crippen molar-refractivity contribution in [1.82, 2.24) is 15.2 Å². The number of rotatable bonds is 5. The molecule has 96 valence electrons. The summed E-state index contributed by atoms with van der Waals surface area (Å²) in [5, 5.41) is 5.91. The molecule has 0 bridgehead atoms. The average molecular weight is 255 g/mol. The van der Waals surface area contributed by atoms with Crippen LogP contribution in [0.1, 0.15) is 44.3 Å². The Hall–Kier alpha value is -1.10. The topological polar surface area (TPSA) is 45.2 Å². The number of amides is 2. The van der Waals surface area contributed by atoms with Gasteiger partial charge >= 0.3 is 6.03 Å². The van der Waals surface area contributed by atoms with Crippen LogP contribution in [0.15, 0.2) is 5.38 Å². The molecule has 0 aliphatic rings. The van der Waals surface area contributed by atoms with Crippen molar-refractivity contribution in [2.45, 2.75) is 40.2 Å². The van der Waals surface area contributed by atoms with Crippen LogP contribution in [0.3, 0.4) is 0 Å². The van der Waals surface area contributed by atoms with Gasteiger partial charge in [-0.2, -0.15) is 0 Å². The van der Waals surface area contributed by atoms with Crippen LogP contribution >= 0.6 is 11.3 Å². The van der Waals surface area contributed by atoms with E-state index in [0.29, 0.717) is 12.5 Å². The molecule has 0 atom stereocenters. The zero-order valence-corrected chi connectivity index (χ0v) is 11.8. The van der Waals surface area contributed by atoms with Gasteiger partial charge in [0.1, 0.15) is 5.01 Å². The van der Waals surface area contributed by atoms with Gasteiger partial charge in [-0.1, -0.05) is 13.8 Å². The van der Waals surface area contributed by atoms with Gasteiger partial charge in [-0.3, -0.25) is 0 Å². The van der Waals surface area contributed by atoms with E-state index in [1.54, 1.807) is 16.2 Å². The number of aromatic nitrogens is 1. The van der Waals surface area contributed by atoms with Crippen molar-refractivity contribution in [3.8, 4) is 0 Å². The fraction of sp³-hybridized carbons (Fsp3) is 0.667. The molecule has 1 heterocycles. The number of hydrogen-bond donors (Lipinski definition) is 1. The summed E-state index contributed by atoms with van der Waals surface area (Å²) >= 11 is 1.60. The van der Waals surface area contributed by atoms with E-state index in [2.05, 4.69) is 29.5 Å². The first-order chi connectivity index (χ1) is 8.08. The molecule has 0 radical (unpaired) electrons. The Labute approximate surface area is 107 Å². The monoisotopic (exact) mass is 255 g/mol. The van der Waals surface area contributed by atoms with Gasteiger partial charge < -0.3 is 10.2 Å². The quantitative estimate of drug-likeness (QED) is 0.879. The Morgan fingerprint density at radius 3 is 2.59 bits per heavy atom. The van der Waals surface area contributed by atoms with Crippen molar-refractivity contribution in [2.24, 2.45) is 0 Å². The maximum atomic E-state index is 11.7. The standard InChI is InChI=1S/C12H21N3OS/c1-5-15(6-2)12(16)13-7-11-14-10(8-17-11)9(3)4/h8-9H,5-7H2,1-4H3,(H,13,16). The van der Waals surface area contributed by atoms with Gasteiger partial charge in [-0.25, -0.2) is 9.78 Å². The largest absolute Gasteiger partial charge is 0.331 e. The smallest absolute Gasteiger partial charge is 0.317 e. The zero-order valence-electron chi connectivity index (χ0n) is 11.0. The second kappa shape index (κ2) is 6.59. The van der Waals surface area contributed by atoms with E-state index in [4.69, 9.17) is 0 Å². The third-order valence-corrected chi connectivity index (χ3v) is 3.47. The van der Waals surface area contributed by atoms with Gasteiger partial charge in [0.25, 0.3) is 0 Å². The Kier molecular flexibility index (Phi) is 5.41. The number of urea groups is 1. The van der Waals surface area contributed by atoms with Crippen LogP contribution in [0.4, 0.5) is 4.79 Å². The second-order valence-electron chi connectivity index (χ2n) is 4.15. The number of nitrogens with zero attached hydrogens (tertiary/aromatic N) is 2. The number of nitrogens with one attached hydrogen (secondary N) is 1. The number of thiazole rings is 1. The second-order valence-corrected chi connectivity index (χ2v) is 5.09. The summed E-state index contributed by atoms with van der Waals surface area (Å²) in [6.45, 7) is 10.2. The van der Waals surface area contributed by atoms with Crippen LogP contribution < -0.4 is 5.32 Å². The minimum absolute atomic E-state index is 0.0173. The number of hydrogen-bond acceptors (Lipinski definition) is 3. The first-order valence-corrected chi connectivity index (χ1v) is 6.93. The molecule has 5 heteroatoms. The molecular weight excluding hydrogens is 234 g/mol. The van der Waals surface area contributed by atoms with Gasteiger partial charge in [-0.05, 0) is 19.8 Å². The van der Waals surface area contributed by atoms with E-state index in [9.17, 15) is 4.79 Å². The number of carbonyl (C=O) groups is 1. The van der Waals surface area contributed by atoms with E-state index in [-0.39, 0.29) is 6.03 Å². The SMILES string of the molecule is CCN(CC)C(=O)NCc1nc(C(C)C)cs1. The minimum Gasteiger partial charge on any atom is -0.331 e. The summed E-state index contributed by atoms with van der Waals surface area (Å²) < 4.78 is 0. The van der Waals surface area contributed by atoms with E-state index in [1.807, 2.05) is 13.8 Å². The highest BCUT2D eigenvalue weighted by atomic mass is 32.1. The lowest BCUT2D eigenvalue weighted by molar-refractivity contribution is 0.203. The highest BCUT2D eigenvalue weighted by molar-refractivity contribution is 7.09. The molecule has 0 aliphatic heterocycles. The Balaban J connectivity index is 2.47. The molecule has 1 aromatic rings. The lowest BCUT2D eigenvalue weighted by atomic mass is 10.2. The van der Waals surface area contributed by atoms with Crippen molar-refractivity contribution in [3.63, 3.8) is 0 Å². The summed E-state index contributed by atoms with van der Waals surface area (Å²) in [6, 6.07) is -0.0173. The molecule has 0 saturated heterocycles. The van der Waals surface area contributed by atoms with Crippen molar-refractivity contribution in [2.75, 3.05) is 13.1 Å². The lowest BCUT2D eigenvalue weighted by Crippen LogP contribution is -2.39. The molecule has 0 fully saturated rings. The van der Waals surface area contributed by atoms with Crippen molar-refractivity contribution in [3.05, 3.63) is 16.1 Å². The van der Waals surface area contributed by atoms with Gasteiger partial charge in [0.05, 0.1) is 12.2 Å². The van der Waals surface area contributed by atoms with Crippen molar-refractivity contribution >= 4 is 17.4 Å². The normalized spacial score (nSPS) is 10.6. The first-order valence-electron chi connectivity index (χ1n) is 6.05. The summed E-state index contributed by atoms with van der Waals surface area (Å²) in [5.74, 6) is 0.443. The Morgan fingerprint density at radius 2 is 2.12 bits per heavy atom.